The molecule has 0 fully saturated rings. The Bertz CT molecular complexity index is 3740. The first-order chi connectivity index (χ1) is 38.0. The Labute approximate surface area is 483 Å². The molecule has 2 heterocycles. The maximum atomic E-state index is 13.2. The van der Waals surface area contributed by atoms with Crippen LogP contribution in [0.2, 0.25) is 20.1 Å². The van der Waals surface area contributed by atoms with Crippen LogP contribution < -0.4 is 33.6 Å². The second-order valence-corrected chi connectivity index (χ2v) is 22.4. The number of hydrogen-bond acceptors (Lipinski definition) is 16. The van der Waals surface area contributed by atoms with Crippen molar-refractivity contribution in [3.8, 4) is 22.3 Å². The third-order valence-corrected chi connectivity index (χ3v) is 14.6. The summed E-state index contributed by atoms with van der Waals surface area (Å²) in [4.78, 5) is 40.6. The lowest BCUT2D eigenvalue weighted by molar-refractivity contribution is 0.0942. The van der Waals surface area contributed by atoms with Gasteiger partial charge in [0.1, 0.15) is 11.6 Å². The van der Waals surface area contributed by atoms with E-state index < -0.39 is 52.5 Å². The summed E-state index contributed by atoms with van der Waals surface area (Å²) < 4.78 is 102. The Kier molecular flexibility index (Phi) is 21.1. The van der Waals surface area contributed by atoms with Crippen LogP contribution in [-0.4, -0.2) is 66.1 Å². The first-order valence-electron chi connectivity index (χ1n) is 23.3. The number of hydrogen-bond donors (Lipinski definition) is 8. The number of nitrogens with zero attached hydrogens (tertiary/aromatic N) is 4. The highest BCUT2D eigenvalue weighted by Gasteiger charge is 2.19. The number of nitrogens with two attached hydrogens (primary N) is 4. The summed E-state index contributed by atoms with van der Waals surface area (Å²) in [6.07, 6.45) is 2.30. The van der Waals surface area contributed by atoms with Crippen molar-refractivity contribution in [2.45, 2.75) is 48.6 Å². The monoisotopic (exact) mass is 1240 g/mol. The second-order valence-electron chi connectivity index (χ2n) is 17.2. The van der Waals surface area contributed by atoms with E-state index in [-0.39, 0.29) is 47.7 Å². The van der Waals surface area contributed by atoms with E-state index in [2.05, 4.69) is 30.6 Å². The first-order valence-corrected chi connectivity index (χ1v) is 29.0. The average Bonchev–Trinajstić information content (AvgIpc) is 3.46. The summed E-state index contributed by atoms with van der Waals surface area (Å²) in [5.74, 6) is -0.413. The van der Waals surface area contributed by atoms with Gasteiger partial charge in [-0.05, 0) is 120 Å². The fourth-order valence-corrected chi connectivity index (χ4v) is 9.32. The predicted octanol–water partition coefficient (Wildman–Crippen LogP) is 9.32. The summed E-state index contributed by atoms with van der Waals surface area (Å²) >= 11 is 24.5. The molecule has 20 nitrogen and oxygen atoms in total. The summed E-state index contributed by atoms with van der Waals surface area (Å²) in [5, 5.41) is 7.00. The molecule has 0 spiro atoms. The number of rotatable bonds is 16. The van der Waals surface area contributed by atoms with E-state index in [1.54, 1.807) is 36.4 Å². The van der Waals surface area contributed by atoms with Crippen LogP contribution in [0, 0.1) is 0 Å². The lowest BCUT2D eigenvalue weighted by Crippen LogP contribution is -2.22. The molecule has 0 atom stereocenters. The van der Waals surface area contributed by atoms with Gasteiger partial charge in [0.15, 0.2) is 0 Å². The lowest BCUT2D eigenvalue weighted by atomic mass is 9.99. The smallest absolute Gasteiger partial charge is 0.383 e. The van der Waals surface area contributed by atoms with E-state index in [9.17, 15) is 34.2 Å². The number of carbonyl (C=O) groups is 2. The van der Waals surface area contributed by atoms with Crippen molar-refractivity contribution in [3.63, 3.8) is 0 Å². The molecule has 2 aromatic heterocycles. The van der Waals surface area contributed by atoms with Gasteiger partial charge in [-0.15, -0.1) is 7.77 Å². The highest BCUT2D eigenvalue weighted by atomic mass is 35.5. The van der Waals surface area contributed by atoms with E-state index in [0.717, 1.165) is 57.6 Å². The molecular formula is C52H46Cl4F2N10O10S3. The van der Waals surface area contributed by atoms with E-state index >= 15 is 0 Å². The highest BCUT2D eigenvalue weighted by molar-refractivity contribution is 7.86. The summed E-state index contributed by atoms with van der Waals surface area (Å²) in [7, 11) is -14.5. The van der Waals surface area contributed by atoms with Gasteiger partial charge in [0.05, 0.1) is 41.3 Å². The zero-order valence-electron chi connectivity index (χ0n) is 41.7. The Morgan fingerprint density at radius 3 is 1.11 bits per heavy atom. The molecule has 8 rings (SSSR count). The topological polar surface area (TPSA) is 357 Å². The number of halogens is 6. The van der Waals surface area contributed by atoms with Crippen LogP contribution in [0.15, 0.2) is 143 Å². The standard InChI is InChI=1S/2C26H22Cl2FN5O3S.H2O4S/c2*27-20-10-9-17(13-21(20)28)23-22(33-26(31)34-24(23)30)11-8-15-4-6-16(7-5-15)14-32-25(35)18-2-1-3-19(12-18)38(29,36)37;1-5(2,3)4/h2*1-7,9-10,12-13H,8,11,14H2,(H,32,35)(H4,30,31,33,34);(H2,1,2,3,4). The molecule has 12 N–H and O–H groups in total. The zero-order chi connectivity index (χ0) is 59.4. The number of anilines is 4. The van der Waals surface area contributed by atoms with Crippen molar-refractivity contribution in [1.82, 2.24) is 30.6 Å². The molecule has 0 aliphatic heterocycles. The average molecular weight is 1250 g/mol. The Morgan fingerprint density at radius 2 is 0.790 bits per heavy atom. The number of aromatic nitrogens is 4. The van der Waals surface area contributed by atoms with Gasteiger partial charge >= 0.3 is 30.8 Å². The van der Waals surface area contributed by atoms with Gasteiger partial charge in [0, 0.05) is 35.3 Å². The highest BCUT2D eigenvalue weighted by Crippen LogP contribution is 2.35. The number of nitrogen functional groups attached to an aromatic ring is 4. The quantitative estimate of drug-likeness (QED) is 0.0330. The largest absolute Gasteiger partial charge is 0.394 e. The van der Waals surface area contributed by atoms with Gasteiger partial charge < -0.3 is 33.6 Å². The van der Waals surface area contributed by atoms with Crippen molar-refractivity contribution in [3.05, 3.63) is 198 Å². The Balaban J connectivity index is 0.000000241. The molecule has 424 valence electrons. The lowest BCUT2D eigenvalue weighted by Gasteiger charge is -2.13. The minimum absolute atomic E-state index is 0.0431. The molecule has 81 heavy (non-hydrogen) atoms. The molecule has 8 aromatic rings. The van der Waals surface area contributed by atoms with Crippen LogP contribution in [0.25, 0.3) is 22.3 Å². The zero-order valence-corrected chi connectivity index (χ0v) is 47.2. The van der Waals surface area contributed by atoms with Gasteiger partial charge in [-0.25, -0.2) is 9.97 Å². The molecular weight excluding hydrogens is 1200 g/mol. The van der Waals surface area contributed by atoms with Crippen molar-refractivity contribution in [2.24, 2.45) is 0 Å². The fourth-order valence-electron chi connectivity index (χ4n) is 7.71. The van der Waals surface area contributed by atoms with E-state index in [1.165, 1.54) is 24.3 Å². The molecule has 2 amide bonds. The Morgan fingerprint density at radius 1 is 0.457 bits per heavy atom. The van der Waals surface area contributed by atoms with Gasteiger partial charge in [-0.1, -0.05) is 119 Å². The molecule has 0 aliphatic rings. The molecule has 0 aliphatic carbocycles. The molecule has 0 bridgehead atoms. The molecule has 0 unspecified atom stereocenters. The third kappa shape index (κ3) is 18.7. The number of amides is 2. The van der Waals surface area contributed by atoms with Crippen molar-refractivity contribution in [2.75, 3.05) is 22.9 Å². The van der Waals surface area contributed by atoms with Crippen molar-refractivity contribution in [1.29, 1.82) is 0 Å². The summed E-state index contributed by atoms with van der Waals surface area (Å²) in [6.45, 7) is 0.401. The Hall–Kier alpha value is -7.59. The number of benzene rings is 6. The van der Waals surface area contributed by atoms with Gasteiger partial charge in [-0.3, -0.25) is 18.7 Å². The number of nitrogens with one attached hydrogen (secondary N) is 2. The van der Waals surface area contributed by atoms with E-state index in [0.29, 0.717) is 68.3 Å². The summed E-state index contributed by atoms with van der Waals surface area (Å²) in [6, 6.07) is 35.1. The molecule has 0 saturated carbocycles. The number of aryl methyl sites for hydroxylation is 4. The minimum Gasteiger partial charge on any atom is -0.383 e. The van der Waals surface area contributed by atoms with Crippen molar-refractivity contribution < 1.29 is 51.7 Å². The molecule has 0 radical (unpaired) electrons. The van der Waals surface area contributed by atoms with E-state index in [1.807, 2.05) is 48.5 Å². The van der Waals surface area contributed by atoms with Crippen LogP contribution in [0.1, 0.15) is 54.4 Å². The van der Waals surface area contributed by atoms with Gasteiger partial charge in [-0.2, -0.15) is 35.2 Å². The SMILES string of the molecule is Nc1nc(N)c(-c2ccc(Cl)c(Cl)c2)c(CCc2ccc(CNC(=O)c3cccc(S(=O)(=O)F)c3)cc2)n1.Nc1nc(N)c(-c2ccc(Cl)c(Cl)c2)c(CCc2ccc(CNC(=O)c3cccc(S(=O)(=O)F)c3)cc2)n1.O=S(=O)(O)O. The predicted molar refractivity (Wildman–Crippen MR) is 306 cm³/mol. The fraction of sp³-hybridized carbons (Fsp3) is 0.115. The molecule has 29 heteroatoms. The maximum Gasteiger partial charge on any atom is 0.394 e. The van der Waals surface area contributed by atoms with Crippen molar-refractivity contribution >= 4 is 113 Å². The molecule has 6 aromatic carbocycles. The van der Waals surface area contributed by atoms with Crippen LogP contribution in [0.4, 0.5) is 31.3 Å². The second kappa shape index (κ2) is 27.2. The minimum atomic E-state index is -4.90. The summed E-state index contributed by atoms with van der Waals surface area (Å²) in [5.41, 5.74) is 31.9. The number of carbonyl (C=O) groups excluding carboxylic acids is 2. The van der Waals surface area contributed by atoms with Gasteiger partial charge in [0.25, 0.3) is 11.8 Å². The van der Waals surface area contributed by atoms with Crippen LogP contribution >= 0.6 is 46.4 Å². The maximum absolute atomic E-state index is 13.2. The van der Waals surface area contributed by atoms with E-state index in [4.69, 9.17) is 86.9 Å². The van der Waals surface area contributed by atoms with Crippen LogP contribution in [0.5, 0.6) is 0 Å². The third-order valence-electron chi connectivity index (χ3n) is 11.5. The van der Waals surface area contributed by atoms with Gasteiger partial charge in [0.2, 0.25) is 11.9 Å². The van der Waals surface area contributed by atoms with Crippen LogP contribution in [0.3, 0.4) is 0 Å². The molecule has 0 saturated heterocycles. The normalized spacial score (nSPS) is 11.4. The van der Waals surface area contributed by atoms with Crippen LogP contribution in [-0.2, 0) is 69.6 Å². The first kappa shape index (κ1) is 62.6.